The van der Waals surface area contributed by atoms with Crippen LogP contribution in [-0.2, 0) is 9.59 Å². The highest BCUT2D eigenvalue weighted by Crippen LogP contribution is 2.52. The van der Waals surface area contributed by atoms with Crippen molar-refractivity contribution >= 4 is 41.8 Å². The lowest BCUT2D eigenvalue weighted by Crippen LogP contribution is -2.41. The van der Waals surface area contributed by atoms with E-state index in [1.54, 1.807) is 7.05 Å². The molecule has 6 atom stereocenters. The molecule has 2 N–H and O–H groups in total. The molecule has 6 unspecified atom stereocenters. The minimum Gasteiger partial charge on any atom is -0.356 e. The average molecular weight is 520 g/mol. The Morgan fingerprint density at radius 2 is 1.73 bits per heavy atom. The lowest BCUT2D eigenvalue weighted by molar-refractivity contribution is -0.140. The fourth-order valence-corrected chi connectivity index (χ4v) is 5.42. The molecule has 1 heterocycles. The first-order valence-electron chi connectivity index (χ1n) is 10.7. The zero-order valence-electron chi connectivity index (χ0n) is 17.2. The van der Waals surface area contributed by atoms with Gasteiger partial charge in [0.25, 0.3) is 0 Å². The maximum Gasteiger partial charge on any atom is 0.233 e. The van der Waals surface area contributed by atoms with Crippen molar-refractivity contribution in [1.29, 1.82) is 0 Å². The number of nitrogens with zero attached hydrogens (tertiary/aromatic N) is 2. The number of nitrogens with one attached hydrogen (secondary N) is 2. The zero-order chi connectivity index (χ0) is 20.0. The molecule has 0 aromatic heterocycles. The van der Waals surface area contributed by atoms with Gasteiger partial charge in [-0.2, -0.15) is 0 Å². The Bertz CT molecular complexity index is 841. The molecule has 7 heteroatoms. The third-order valence-corrected chi connectivity index (χ3v) is 6.98. The van der Waals surface area contributed by atoms with E-state index in [-0.39, 0.29) is 59.5 Å². The molecule has 0 spiro atoms. The predicted molar refractivity (Wildman–Crippen MR) is 127 cm³/mol. The Kier molecular flexibility index (Phi) is 6.18. The quantitative estimate of drug-likeness (QED) is 0.151. The normalized spacial score (nSPS) is 33.5. The maximum absolute atomic E-state index is 12.7. The van der Waals surface area contributed by atoms with Crippen LogP contribution in [0.25, 0.3) is 0 Å². The molecule has 1 aromatic rings. The highest BCUT2D eigenvalue weighted by atomic mass is 127. The summed E-state index contributed by atoms with van der Waals surface area (Å²) in [5.41, 5.74) is 1.36. The van der Waals surface area contributed by atoms with Gasteiger partial charge in [-0.25, -0.2) is 0 Å². The summed E-state index contributed by atoms with van der Waals surface area (Å²) >= 11 is 0. The van der Waals surface area contributed by atoms with E-state index >= 15 is 0 Å². The Balaban J connectivity index is 0.00000218. The summed E-state index contributed by atoms with van der Waals surface area (Å²) < 4.78 is 0. The largest absolute Gasteiger partial charge is 0.356 e. The summed E-state index contributed by atoms with van der Waals surface area (Å²) in [6, 6.07) is 10.9. The van der Waals surface area contributed by atoms with Crippen molar-refractivity contribution in [2.24, 2.45) is 28.7 Å². The number of fused-ring (bicyclic) bond motifs is 5. The van der Waals surface area contributed by atoms with Crippen LogP contribution in [0.3, 0.4) is 0 Å². The molecule has 2 amide bonds. The van der Waals surface area contributed by atoms with Gasteiger partial charge in [0.2, 0.25) is 11.8 Å². The monoisotopic (exact) mass is 520 g/mol. The van der Waals surface area contributed by atoms with E-state index < -0.39 is 0 Å². The van der Waals surface area contributed by atoms with E-state index in [0.29, 0.717) is 25.0 Å². The molecule has 30 heavy (non-hydrogen) atoms. The number of likely N-dealkylation sites (tertiary alicyclic amines) is 1. The van der Waals surface area contributed by atoms with Gasteiger partial charge in [-0.15, -0.1) is 24.0 Å². The molecule has 160 valence electrons. The maximum atomic E-state index is 12.7. The number of benzene rings is 1. The van der Waals surface area contributed by atoms with Crippen LogP contribution < -0.4 is 10.6 Å². The Morgan fingerprint density at radius 3 is 2.37 bits per heavy atom. The molecule has 2 saturated carbocycles. The third kappa shape index (κ3) is 3.76. The molecule has 5 rings (SSSR count). The van der Waals surface area contributed by atoms with Crippen LogP contribution >= 0.6 is 24.0 Å². The van der Waals surface area contributed by atoms with Crippen LogP contribution in [0.15, 0.2) is 47.5 Å². The van der Waals surface area contributed by atoms with Crippen LogP contribution in [-0.4, -0.2) is 48.9 Å². The average Bonchev–Trinajstić information content (AvgIpc) is 3.07. The zero-order valence-corrected chi connectivity index (χ0v) is 19.5. The van der Waals surface area contributed by atoms with E-state index in [9.17, 15) is 9.59 Å². The molecular weight excluding hydrogens is 491 g/mol. The number of carbonyl (C=O) groups excluding carboxylic acids is 2. The molecule has 1 aromatic carbocycles. The number of halogens is 1. The number of imide groups is 1. The van der Waals surface area contributed by atoms with Crippen LogP contribution in [0, 0.1) is 23.7 Å². The van der Waals surface area contributed by atoms with E-state index in [4.69, 9.17) is 0 Å². The van der Waals surface area contributed by atoms with Crippen molar-refractivity contribution in [3.8, 4) is 0 Å². The molecule has 4 aliphatic rings. The van der Waals surface area contributed by atoms with Gasteiger partial charge in [-0.1, -0.05) is 42.5 Å². The fourth-order valence-electron chi connectivity index (χ4n) is 5.42. The number of amides is 2. The van der Waals surface area contributed by atoms with Crippen molar-refractivity contribution in [2.75, 3.05) is 20.1 Å². The topological polar surface area (TPSA) is 73.8 Å². The Hall–Kier alpha value is -1.90. The van der Waals surface area contributed by atoms with Gasteiger partial charge in [-0.05, 0) is 36.7 Å². The Morgan fingerprint density at radius 1 is 1.07 bits per heavy atom. The van der Waals surface area contributed by atoms with E-state index in [1.165, 1.54) is 10.5 Å². The number of hydrogen-bond acceptors (Lipinski definition) is 3. The fraction of sp³-hybridized carbons (Fsp3) is 0.522. The molecule has 2 bridgehead atoms. The highest BCUT2D eigenvalue weighted by Gasteiger charge is 2.58. The molecule has 3 aliphatic carbocycles. The summed E-state index contributed by atoms with van der Waals surface area (Å²) in [6.45, 7) is 1.17. The smallest absolute Gasteiger partial charge is 0.233 e. The first-order valence-corrected chi connectivity index (χ1v) is 10.7. The first kappa shape index (κ1) is 21.3. The molecule has 0 radical (unpaired) electrons. The number of hydrogen-bond donors (Lipinski definition) is 2. The van der Waals surface area contributed by atoms with E-state index in [0.717, 1.165) is 25.2 Å². The summed E-state index contributed by atoms with van der Waals surface area (Å²) in [4.78, 5) is 31.2. The molecule has 1 saturated heterocycles. The second-order valence-electron chi connectivity index (χ2n) is 8.68. The van der Waals surface area contributed by atoms with Crippen LogP contribution in [0.5, 0.6) is 0 Å². The number of aliphatic imine (C=N–C) groups is 1. The SMILES string of the molecule is CN=C(NCCCN1C(=O)C2C3C=CC(C3)C2C1=O)NC1CC1c1ccccc1.I. The lowest BCUT2D eigenvalue weighted by atomic mass is 9.85. The minimum absolute atomic E-state index is 0. The third-order valence-electron chi connectivity index (χ3n) is 6.98. The molecule has 3 fully saturated rings. The van der Waals surface area contributed by atoms with Crippen molar-refractivity contribution in [2.45, 2.75) is 31.2 Å². The van der Waals surface area contributed by atoms with Gasteiger partial charge in [-0.3, -0.25) is 19.5 Å². The van der Waals surface area contributed by atoms with Gasteiger partial charge in [0.1, 0.15) is 0 Å². The second-order valence-corrected chi connectivity index (χ2v) is 8.68. The van der Waals surface area contributed by atoms with Crippen LogP contribution in [0.4, 0.5) is 0 Å². The van der Waals surface area contributed by atoms with Crippen LogP contribution in [0.1, 0.15) is 30.7 Å². The molecule has 1 aliphatic heterocycles. The van der Waals surface area contributed by atoms with Crippen molar-refractivity contribution in [3.05, 3.63) is 48.0 Å². The summed E-state index contributed by atoms with van der Waals surface area (Å²) in [6.07, 6.45) is 7.10. The number of rotatable bonds is 6. The predicted octanol–water partition coefficient (Wildman–Crippen LogP) is 2.52. The number of carbonyl (C=O) groups is 2. The van der Waals surface area contributed by atoms with Crippen LogP contribution in [0.2, 0.25) is 0 Å². The van der Waals surface area contributed by atoms with E-state index in [2.05, 4.69) is 52.0 Å². The second kappa shape index (κ2) is 8.69. The first-order chi connectivity index (χ1) is 14.2. The van der Waals surface area contributed by atoms with Gasteiger partial charge < -0.3 is 10.6 Å². The minimum atomic E-state index is -0.0929. The number of guanidine groups is 1. The molecular formula is C23H29IN4O2. The van der Waals surface area contributed by atoms with Crippen molar-refractivity contribution in [3.63, 3.8) is 0 Å². The summed E-state index contributed by atoms with van der Waals surface area (Å²) in [5, 5.41) is 6.79. The van der Waals surface area contributed by atoms with Gasteiger partial charge in [0, 0.05) is 32.1 Å². The Labute approximate surface area is 194 Å². The van der Waals surface area contributed by atoms with Gasteiger partial charge in [0.15, 0.2) is 5.96 Å². The highest BCUT2D eigenvalue weighted by molar-refractivity contribution is 14.0. The van der Waals surface area contributed by atoms with Crippen molar-refractivity contribution in [1.82, 2.24) is 15.5 Å². The number of allylic oxidation sites excluding steroid dienone is 2. The van der Waals surface area contributed by atoms with Gasteiger partial charge >= 0.3 is 0 Å². The summed E-state index contributed by atoms with van der Waals surface area (Å²) in [5.74, 6) is 1.79. The van der Waals surface area contributed by atoms with Gasteiger partial charge in [0.05, 0.1) is 11.8 Å². The molecule has 6 nitrogen and oxygen atoms in total. The standard InChI is InChI=1S/C23H28N4O2.HI/c1-24-23(26-18-13-17(18)14-6-3-2-4-7-14)25-10-5-11-27-21(28)19-15-8-9-16(12-15)20(19)22(27)29;/h2-4,6-9,15-20H,5,10-13H2,1H3,(H2,24,25,26);1H. The lowest BCUT2D eigenvalue weighted by Gasteiger charge is -2.18. The van der Waals surface area contributed by atoms with E-state index in [1.807, 2.05) is 6.07 Å². The summed E-state index contributed by atoms with van der Waals surface area (Å²) in [7, 11) is 1.77. The van der Waals surface area contributed by atoms with Crippen molar-refractivity contribution < 1.29 is 9.59 Å².